The van der Waals surface area contributed by atoms with Crippen LogP contribution in [0.5, 0.6) is 0 Å². The summed E-state index contributed by atoms with van der Waals surface area (Å²) in [5, 5.41) is 0. The van der Waals surface area contributed by atoms with Gasteiger partial charge in [-0.1, -0.05) is 0 Å². The van der Waals surface area contributed by atoms with Crippen LogP contribution in [0, 0.1) is 83.1 Å². The molecule has 0 aliphatic carbocycles. The van der Waals surface area contributed by atoms with Crippen molar-refractivity contribution in [2.45, 2.75) is 83.1 Å². The van der Waals surface area contributed by atoms with E-state index in [1.165, 1.54) is 79.9 Å². The monoisotopic (exact) mass is 508 g/mol. The molecule has 3 aromatic rings. The summed E-state index contributed by atoms with van der Waals surface area (Å²) in [5.74, 6) is 0. The Balaban J connectivity index is 2.66. The number of hydrogen-bond donors (Lipinski definition) is 0. The number of hydrogen-bond acceptors (Lipinski definition) is 0. The Bertz CT molecular complexity index is 1090. The molecule has 0 saturated heterocycles. The van der Waals surface area contributed by atoms with Crippen molar-refractivity contribution >= 4 is 35.5 Å². The van der Waals surface area contributed by atoms with Crippen LogP contribution in [0.4, 0.5) is 0 Å². The molecule has 32 heavy (non-hydrogen) atoms. The van der Waals surface area contributed by atoms with Gasteiger partial charge in [0.15, 0.2) is 0 Å². The molecule has 0 amide bonds. The van der Waals surface area contributed by atoms with Gasteiger partial charge in [-0.05, 0) is 0 Å². The third-order valence-corrected chi connectivity index (χ3v) is 20.2. The van der Waals surface area contributed by atoms with E-state index in [0.717, 1.165) is 0 Å². The molecular formula is C30H39ClGe. The predicted molar refractivity (Wildman–Crippen MR) is 147 cm³/mol. The zero-order valence-corrected chi connectivity index (χ0v) is 25.0. The van der Waals surface area contributed by atoms with Crippen LogP contribution in [0.2, 0.25) is 0 Å². The third kappa shape index (κ3) is 3.68. The molecule has 0 aromatic heterocycles. The van der Waals surface area contributed by atoms with Crippen molar-refractivity contribution in [1.29, 1.82) is 0 Å². The fourth-order valence-electron chi connectivity index (χ4n) is 5.82. The maximum atomic E-state index is 8.31. The normalized spacial score (nSPS) is 11.9. The van der Waals surface area contributed by atoms with E-state index >= 15 is 0 Å². The SMILES string of the molecule is Cc1cc(C)[c]([Ge]([Cl])([c]2c(C)cc(C)c(C)c2C)[c]2c(C)cc(C)c(C)c2C)c(C)c1C. The van der Waals surface area contributed by atoms with Gasteiger partial charge in [-0.25, -0.2) is 0 Å². The molecule has 0 atom stereocenters. The molecule has 0 spiro atoms. The Morgan fingerprint density at radius 1 is 0.375 bits per heavy atom. The molecule has 0 radical (unpaired) electrons. The minimum atomic E-state index is -3.56. The van der Waals surface area contributed by atoms with Gasteiger partial charge in [-0.2, -0.15) is 0 Å². The van der Waals surface area contributed by atoms with Crippen molar-refractivity contribution in [1.82, 2.24) is 0 Å². The summed E-state index contributed by atoms with van der Waals surface area (Å²) in [5.41, 5.74) is 16.4. The van der Waals surface area contributed by atoms with Crippen molar-refractivity contribution in [3.8, 4) is 0 Å². The molecule has 0 aliphatic heterocycles. The Hall–Kier alpha value is -1.51. The first-order chi connectivity index (χ1) is 14.7. The first-order valence-electron chi connectivity index (χ1n) is 11.7. The first kappa shape index (κ1) is 25.1. The zero-order chi connectivity index (χ0) is 24.3. The average molecular weight is 508 g/mol. The average Bonchev–Trinajstić information content (AvgIpc) is 2.68. The summed E-state index contributed by atoms with van der Waals surface area (Å²) in [7, 11) is 8.31. The molecule has 0 heterocycles. The van der Waals surface area contributed by atoms with Crippen LogP contribution < -0.4 is 13.2 Å². The van der Waals surface area contributed by atoms with Gasteiger partial charge < -0.3 is 0 Å². The summed E-state index contributed by atoms with van der Waals surface area (Å²) in [6.07, 6.45) is 0. The van der Waals surface area contributed by atoms with Crippen molar-refractivity contribution in [2.24, 2.45) is 0 Å². The molecule has 2 heteroatoms. The molecule has 170 valence electrons. The van der Waals surface area contributed by atoms with Gasteiger partial charge in [-0.3, -0.25) is 0 Å². The summed E-state index contributed by atoms with van der Waals surface area (Å²) in [4.78, 5) is 0. The zero-order valence-electron chi connectivity index (χ0n) is 22.1. The summed E-state index contributed by atoms with van der Waals surface area (Å²) in [6, 6.07) is 7.08. The number of benzene rings is 3. The van der Waals surface area contributed by atoms with Gasteiger partial charge in [-0.15, -0.1) is 0 Å². The summed E-state index contributed by atoms with van der Waals surface area (Å²) < 4.78 is 4.29. The second-order valence-corrected chi connectivity index (χ2v) is 18.9. The molecule has 0 nitrogen and oxygen atoms in total. The molecule has 0 fully saturated rings. The Labute approximate surface area is 203 Å². The molecule has 0 N–H and O–H groups in total. The van der Waals surface area contributed by atoms with E-state index in [1.807, 2.05) is 0 Å². The van der Waals surface area contributed by atoms with Crippen molar-refractivity contribution in [3.63, 3.8) is 0 Å². The van der Waals surface area contributed by atoms with Crippen LogP contribution in [0.25, 0.3) is 0 Å². The Morgan fingerprint density at radius 3 is 0.812 bits per heavy atom. The molecule has 3 rings (SSSR count). The fourth-order valence-corrected chi connectivity index (χ4v) is 20.2. The van der Waals surface area contributed by atoms with Crippen molar-refractivity contribution < 1.29 is 0 Å². The molecule has 3 aromatic carbocycles. The van der Waals surface area contributed by atoms with Crippen LogP contribution in [0.1, 0.15) is 66.8 Å². The summed E-state index contributed by atoms with van der Waals surface area (Å²) >= 11 is -3.56. The molecule has 0 aliphatic rings. The van der Waals surface area contributed by atoms with E-state index in [1.54, 1.807) is 0 Å². The van der Waals surface area contributed by atoms with Crippen LogP contribution >= 0.6 is 10.0 Å². The Morgan fingerprint density at radius 2 is 0.594 bits per heavy atom. The number of rotatable bonds is 3. The van der Waals surface area contributed by atoms with E-state index in [2.05, 4.69) is 101 Å². The van der Waals surface area contributed by atoms with Gasteiger partial charge in [0, 0.05) is 0 Å². The number of aryl methyl sites for hydroxylation is 6. The van der Waals surface area contributed by atoms with Crippen LogP contribution in [-0.4, -0.2) is 12.3 Å². The first-order valence-corrected chi connectivity index (χ1v) is 17.6. The molecule has 0 unspecified atom stereocenters. The Kier molecular flexibility index (Phi) is 6.82. The maximum absolute atomic E-state index is 8.31. The van der Waals surface area contributed by atoms with Gasteiger partial charge >= 0.3 is 204 Å². The van der Waals surface area contributed by atoms with Crippen molar-refractivity contribution in [2.75, 3.05) is 0 Å². The van der Waals surface area contributed by atoms with Gasteiger partial charge in [0.05, 0.1) is 0 Å². The van der Waals surface area contributed by atoms with Gasteiger partial charge in [0.1, 0.15) is 0 Å². The predicted octanol–water partition coefficient (Wildman–Crippen LogP) is 6.59. The van der Waals surface area contributed by atoms with Crippen LogP contribution in [-0.2, 0) is 0 Å². The van der Waals surface area contributed by atoms with E-state index in [0.29, 0.717) is 0 Å². The van der Waals surface area contributed by atoms with E-state index in [4.69, 9.17) is 10.0 Å². The van der Waals surface area contributed by atoms with E-state index in [-0.39, 0.29) is 0 Å². The quantitative estimate of drug-likeness (QED) is 0.351. The minimum absolute atomic E-state index is 1.34. The van der Waals surface area contributed by atoms with E-state index < -0.39 is 12.3 Å². The van der Waals surface area contributed by atoms with Gasteiger partial charge in [0.2, 0.25) is 0 Å². The second kappa shape index (κ2) is 8.69. The molecular weight excluding hydrogens is 468 g/mol. The van der Waals surface area contributed by atoms with Crippen molar-refractivity contribution in [3.05, 3.63) is 85.0 Å². The van der Waals surface area contributed by atoms with Crippen LogP contribution in [0.15, 0.2) is 18.2 Å². The van der Waals surface area contributed by atoms with Gasteiger partial charge in [0.25, 0.3) is 0 Å². The molecule has 0 bridgehead atoms. The van der Waals surface area contributed by atoms with E-state index in [9.17, 15) is 0 Å². The number of halogens is 1. The third-order valence-electron chi connectivity index (χ3n) is 8.10. The van der Waals surface area contributed by atoms with Crippen LogP contribution in [0.3, 0.4) is 0 Å². The second-order valence-electron chi connectivity index (χ2n) is 10.1. The topological polar surface area (TPSA) is 0 Å². The fraction of sp³-hybridized carbons (Fsp3) is 0.400. The summed E-state index contributed by atoms with van der Waals surface area (Å²) in [6.45, 7) is 27.1. The molecule has 0 saturated carbocycles. The standard InChI is InChI=1S/C30H39ClGe/c1-16-13-19(4)28(25(10)22(16)7)32(31,29-20(5)14-17(2)23(8)26(29)11)30-21(6)15-18(3)24(9)27(30)12/h13-15H,1-12H3.